The molecule has 1 aromatic rings. The summed E-state index contributed by atoms with van der Waals surface area (Å²) in [6, 6.07) is 6.78. The molecule has 0 radical (unpaired) electrons. The second-order valence-corrected chi connectivity index (χ2v) is 2.71. The van der Waals surface area contributed by atoms with E-state index in [0.717, 1.165) is 5.56 Å². The van der Waals surface area contributed by atoms with Gasteiger partial charge in [-0.25, -0.2) is 4.99 Å². The predicted octanol–water partition coefficient (Wildman–Crippen LogP) is 1.30. The van der Waals surface area contributed by atoms with Crippen LogP contribution in [0.1, 0.15) is 5.56 Å². The van der Waals surface area contributed by atoms with Crippen LogP contribution < -0.4 is 5.84 Å². The molecule has 6 nitrogen and oxygen atoms in total. The molecule has 0 heterocycles. The number of nitrogens with zero attached hydrogens (tertiary/aromatic N) is 3. The van der Waals surface area contributed by atoms with Crippen LogP contribution in [0.15, 0.2) is 39.6 Å². The molecule has 0 unspecified atom stereocenters. The molecule has 0 spiro atoms. The van der Waals surface area contributed by atoms with Gasteiger partial charge in [0.25, 0.3) is 0 Å². The Balaban J connectivity index is 2.67. The van der Waals surface area contributed by atoms with Gasteiger partial charge in [0.15, 0.2) is 0 Å². The second-order valence-electron chi connectivity index (χ2n) is 2.71. The van der Waals surface area contributed by atoms with Crippen LogP contribution in [0.5, 0.6) is 0 Å². The third-order valence-corrected chi connectivity index (χ3v) is 1.62. The molecule has 6 heteroatoms. The molecule has 78 valence electrons. The molecule has 0 aliphatic carbocycles. The van der Waals surface area contributed by atoms with E-state index in [1.165, 1.54) is 6.34 Å². The van der Waals surface area contributed by atoms with Crippen molar-refractivity contribution in [3.8, 4) is 0 Å². The highest BCUT2D eigenvalue weighted by Gasteiger charge is 1.99. The summed E-state index contributed by atoms with van der Waals surface area (Å²) in [6.07, 6.45) is 1.22. The maximum atomic E-state index is 10.4. The second kappa shape index (κ2) is 5.48. The van der Waals surface area contributed by atoms with Crippen LogP contribution in [-0.4, -0.2) is 17.4 Å². The van der Waals surface area contributed by atoms with Gasteiger partial charge >= 0.3 is 5.97 Å². The minimum Gasteiger partial charge on any atom is -0.481 e. The fraction of sp³-hybridized carbons (Fsp3) is 0.111. The maximum Gasteiger partial charge on any atom is 0.307 e. The van der Waals surface area contributed by atoms with Gasteiger partial charge in [0.1, 0.15) is 6.34 Å². The van der Waals surface area contributed by atoms with Gasteiger partial charge in [-0.1, -0.05) is 17.4 Å². The number of carboxylic acid groups (broad SMARTS) is 1. The number of benzene rings is 1. The van der Waals surface area contributed by atoms with Gasteiger partial charge in [-0.2, -0.15) is 0 Å². The average molecular weight is 206 g/mol. The minimum atomic E-state index is -0.858. The van der Waals surface area contributed by atoms with Crippen LogP contribution in [0.2, 0.25) is 0 Å². The van der Waals surface area contributed by atoms with Crippen LogP contribution in [-0.2, 0) is 11.2 Å². The first-order valence-electron chi connectivity index (χ1n) is 4.15. The first-order chi connectivity index (χ1) is 7.22. The molecule has 0 aliphatic rings. The summed E-state index contributed by atoms with van der Waals surface area (Å²) >= 11 is 0. The van der Waals surface area contributed by atoms with Crippen molar-refractivity contribution in [1.29, 1.82) is 0 Å². The van der Waals surface area contributed by atoms with Gasteiger partial charge in [-0.3, -0.25) is 4.79 Å². The Hall–Kier alpha value is -2.24. The average Bonchev–Trinajstić information content (AvgIpc) is 2.20. The van der Waals surface area contributed by atoms with Gasteiger partial charge in [-0.05, 0) is 17.7 Å². The molecular weight excluding hydrogens is 196 g/mol. The number of aliphatic imine (C=N–C) groups is 1. The summed E-state index contributed by atoms with van der Waals surface area (Å²) in [6.45, 7) is 0. The van der Waals surface area contributed by atoms with Gasteiger partial charge in [0.05, 0.1) is 12.1 Å². The van der Waals surface area contributed by atoms with E-state index < -0.39 is 5.97 Å². The number of hydrogen-bond acceptors (Lipinski definition) is 3. The zero-order valence-electron chi connectivity index (χ0n) is 7.87. The Morgan fingerprint density at radius 1 is 1.40 bits per heavy atom. The molecule has 1 rings (SSSR count). The molecule has 0 saturated carbocycles. The van der Waals surface area contributed by atoms with Crippen LogP contribution in [0.25, 0.3) is 0 Å². The zero-order chi connectivity index (χ0) is 11.1. The van der Waals surface area contributed by atoms with E-state index in [-0.39, 0.29) is 6.42 Å². The van der Waals surface area contributed by atoms with Crippen LogP contribution in [0.3, 0.4) is 0 Å². The fourth-order valence-corrected chi connectivity index (χ4v) is 0.997. The van der Waals surface area contributed by atoms with E-state index in [1.807, 2.05) is 0 Å². The summed E-state index contributed by atoms with van der Waals surface area (Å²) in [5.41, 5.74) is 1.39. The van der Waals surface area contributed by atoms with Gasteiger partial charge in [0, 0.05) is 0 Å². The molecule has 0 atom stereocenters. The third kappa shape index (κ3) is 3.99. The van der Waals surface area contributed by atoms with E-state index in [1.54, 1.807) is 24.3 Å². The Bertz CT molecular complexity index is 384. The molecule has 0 saturated heterocycles. The normalized spacial score (nSPS) is 11.2. The molecule has 15 heavy (non-hydrogen) atoms. The number of rotatable bonds is 4. The van der Waals surface area contributed by atoms with Crippen molar-refractivity contribution in [2.45, 2.75) is 6.42 Å². The lowest BCUT2D eigenvalue weighted by Gasteiger charge is -1.96. The summed E-state index contributed by atoms with van der Waals surface area (Å²) in [5.74, 6) is 3.92. The van der Waals surface area contributed by atoms with Crippen molar-refractivity contribution >= 4 is 18.0 Å². The Labute approximate surface area is 86.1 Å². The molecular formula is C9H10N4O2. The van der Waals surface area contributed by atoms with Gasteiger partial charge < -0.3 is 10.9 Å². The molecule has 0 aliphatic heterocycles. The Morgan fingerprint density at radius 2 is 2.07 bits per heavy atom. The SMILES string of the molecule is NN=NC=Nc1ccc(CC(=O)O)cc1. The van der Waals surface area contributed by atoms with E-state index >= 15 is 0 Å². The van der Waals surface area contributed by atoms with E-state index in [4.69, 9.17) is 10.9 Å². The first-order valence-corrected chi connectivity index (χ1v) is 4.15. The first kappa shape index (κ1) is 10.8. The van der Waals surface area contributed by atoms with Crippen LogP contribution in [0.4, 0.5) is 5.69 Å². The summed E-state index contributed by atoms with van der Waals surface area (Å²) in [5, 5.41) is 14.9. The number of hydrogen-bond donors (Lipinski definition) is 2. The van der Waals surface area contributed by atoms with Gasteiger partial charge in [-0.15, -0.1) is 5.11 Å². The quantitative estimate of drug-likeness (QED) is 0.255. The fourth-order valence-electron chi connectivity index (χ4n) is 0.997. The molecule has 0 bridgehead atoms. The topological polar surface area (TPSA) is 100 Å². The van der Waals surface area contributed by atoms with Gasteiger partial charge in [0.2, 0.25) is 0 Å². The number of aliphatic carboxylic acids is 1. The van der Waals surface area contributed by atoms with Crippen molar-refractivity contribution in [3.05, 3.63) is 29.8 Å². The monoisotopic (exact) mass is 206 g/mol. The van der Waals surface area contributed by atoms with Crippen molar-refractivity contribution in [2.75, 3.05) is 0 Å². The van der Waals surface area contributed by atoms with Crippen molar-refractivity contribution < 1.29 is 9.90 Å². The molecule has 0 amide bonds. The van der Waals surface area contributed by atoms with E-state index in [0.29, 0.717) is 5.69 Å². The van der Waals surface area contributed by atoms with E-state index in [2.05, 4.69) is 15.3 Å². The molecule has 3 N–H and O–H groups in total. The molecule has 1 aromatic carbocycles. The number of carbonyl (C=O) groups is 1. The Kier molecular flexibility index (Phi) is 3.96. The minimum absolute atomic E-state index is 0.00645. The largest absolute Gasteiger partial charge is 0.481 e. The summed E-state index contributed by atoms with van der Waals surface area (Å²) < 4.78 is 0. The smallest absolute Gasteiger partial charge is 0.307 e. The third-order valence-electron chi connectivity index (χ3n) is 1.62. The van der Waals surface area contributed by atoms with Crippen LogP contribution in [0, 0.1) is 0 Å². The Morgan fingerprint density at radius 3 is 2.60 bits per heavy atom. The van der Waals surface area contributed by atoms with Crippen molar-refractivity contribution in [2.24, 2.45) is 21.2 Å². The highest BCUT2D eigenvalue weighted by atomic mass is 16.4. The highest BCUT2D eigenvalue weighted by molar-refractivity contribution is 5.70. The van der Waals surface area contributed by atoms with Crippen LogP contribution >= 0.6 is 0 Å². The number of nitrogens with two attached hydrogens (primary N) is 1. The predicted molar refractivity (Wildman–Crippen MR) is 55.0 cm³/mol. The molecule has 0 fully saturated rings. The maximum absolute atomic E-state index is 10.4. The lowest BCUT2D eigenvalue weighted by molar-refractivity contribution is -0.136. The van der Waals surface area contributed by atoms with E-state index in [9.17, 15) is 4.79 Å². The summed E-state index contributed by atoms with van der Waals surface area (Å²) in [4.78, 5) is 14.3. The standard InChI is InChI=1S/C9H10N4O2/c10-13-12-6-11-8-3-1-7(2-4-8)5-9(14)15/h1-4,6H,5H2,(H,14,15)(H2,10,11,12). The van der Waals surface area contributed by atoms with Crippen molar-refractivity contribution in [3.63, 3.8) is 0 Å². The number of carboxylic acids is 1. The highest BCUT2D eigenvalue weighted by Crippen LogP contribution is 2.12. The molecule has 0 aromatic heterocycles. The lowest BCUT2D eigenvalue weighted by Crippen LogP contribution is -1.99. The zero-order valence-corrected chi connectivity index (χ0v) is 7.87. The lowest BCUT2D eigenvalue weighted by atomic mass is 10.1. The van der Waals surface area contributed by atoms with Crippen molar-refractivity contribution in [1.82, 2.24) is 0 Å². The summed E-state index contributed by atoms with van der Waals surface area (Å²) in [7, 11) is 0.